The summed E-state index contributed by atoms with van der Waals surface area (Å²) in [5.41, 5.74) is -0.661. The zero-order valence-electron chi connectivity index (χ0n) is 12.0. The van der Waals surface area contributed by atoms with E-state index in [1.54, 1.807) is 20.8 Å². The van der Waals surface area contributed by atoms with Gasteiger partial charge in [0.2, 0.25) is 0 Å². The lowest BCUT2D eigenvalue weighted by Crippen LogP contribution is -2.57. The third-order valence-electron chi connectivity index (χ3n) is 3.37. The van der Waals surface area contributed by atoms with Crippen LogP contribution in [0.3, 0.4) is 0 Å². The Morgan fingerprint density at radius 3 is 2.30 bits per heavy atom. The molecule has 1 aliphatic heterocycles. The highest BCUT2D eigenvalue weighted by Gasteiger charge is 2.53. The maximum Gasteiger partial charge on any atom is 0.408 e. The number of hydrogen-bond donors (Lipinski definition) is 2. The Morgan fingerprint density at radius 1 is 1.30 bits per heavy atom. The third-order valence-corrected chi connectivity index (χ3v) is 3.37. The molecule has 7 heteroatoms. The summed E-state index contributed by atoms with van der Waals surface area (Å²) in [5.74, 6) is -1.92. The van der Waals surface area contributed by atoms with E-state index in [2.05, 4.69) is 5.32 Å². The Balaban J connectivity index is 1.89. The molecule has 2 aliphatic rings. The molecule has 7 nitrogen and oxygen atoms in total. The van der Waals surface area contributed by atoms with Gasteiger partial charge in [-0.25, -0.2) is 9.59 Å². The van der Waals surface area contributed by atoms with Crippen molar-refractivity contribution in [2.75, 3.05) is 13.2 Å². The smallest absolute Gasteiger partial charge is 0.408 e. The van der Waals surface area contributed by atoms with E-state index in [1.807, 2.05) is 0 Å². The summed E-state index contributed by atoms with van der Waals surface area (Å²) in [6.45, 7) is 6.23. The molecule has 0 aromatic carbocycles. The number of amides is 1. The summed E-state index contributed by atoms with van der Waals surface area (Å²) < 4.78 is 16.0. The van der Waals surface area contributed by atoms with Crippen molar-refractivity contribution in [1.29, 1.82) is 0 Å². The van der Waals surface area contributed by atoms with Crippen LogP contribution in [0, 0.1) is 5.92 Å². The summed E-state index contributed by atoms with van der Waals surface area (Å²) >= 11 is 0. The van der Waals surface area contributed by atoms with E-state index in [1.165, 1.54) is 0 Å². The van der Waals surface area contributed by atoms with Crippen LogP contribution in [-0.2, 0) is 19.0 Å². The molecular formula is C13H21NO6. The van der Waals surface area contributed by atoms with Crippen molar-refractivity contribution in [3.8, 4) is 0 Å². The maximum absolute atomic E-state index is 11.7. The SMILES string of the molecule is CC(C)(C)OC(=O)N[C@@H](C(=O)O)C1CC2(C1)OCCO2. The van der Waals surface area contributed by atoms with Crippen LogP contribution in [0.1, 0.15) is 33.6 Å². The van der Waals surface area contributed by atoms with Crippen molar-refractivity contribution >= 4 is 12.1 Å². The number of ether oxygens (including phenoxy) is 3. The van der Waals surface area contributed by atoms with Gasteiger partial charge in [0.05, 0.1) is 13.2 Å². The fourth-order valence-electron chi connectivity index (χ4n) is 2.52. The standard InChI is InChI=1S/C13H21NO6/c1-12(2,3)20-11(17)14-9(10(15)16)8-6-13(7-8)18-4-5-19-13/h8-9H,4-7H2,1-3H3,(H,14,17)(H,15,16)/t9-/m1/s1. The normalized spacial score (nSPS) is 23.1. The molecule has 1 atom stereocenters. The predicted octanol–water partition coefficient (Wildman–Crippen LogP) is 1.12. The molecular weight excluding hydrogens is 266 g/mol. The first kappa shape index (κ1) is 15.1. The van der Waals surface area contributed by atoms with Gasteiger partial charge in [-0.1, -0.05) is 0 Å². The van der Waals surface area contributed by atoms with E-state index in [9.17, 15) is 14.7 Å². The average molecular weight is 287 g/mol. The summed E-state index contributed by atoms with van der Waals surface area (Å²) in [4.78, 5) is 23.0. The maximum atomic E-state index is 11.7. The highest BCUT2D eigenvalue weighted by Crippen LogP contribution is 2.45. The van der Waals surface area contributed by atoms with Crippen LogP contribution in [0.2, 0.25) is 0 Å². The van der Waals surface area contributed by atoms with Gasteiger partial charge in [0.25, 0.3) is 0 Å². The van der Waals surface area contributed by atoms with Crippen LogP contribution in [0.4, 0.5) is 4.79 Å². The number of aliphatic carboxylic acids is 1. The molecule has 1 aliphatic carbocycles. The minimum Gasteiger partial charge on any atom is -0.480 e. The second-order valence-corrected chi connectivity index (χ2v) is 6.24. The summed E-state index contributed by atoms with van der Waals surface area (Å²) in [5, 5.41) is 11.6. The largest absolute Gasteiger partial charge is 0.480 e. The lowest BCUT2D eigenvalue weighted by Gasteiger charge is -2.45. The van der Waals surface area contributed by atoms with Crippen molar-refractivity contribution in [3.05, 3.63) is 0 Å². The predicted molar refractivity (Wildman–Crippen MR) is 68.2 cm³/mol. The van der Waals surface area contributed by atoms with E-state index < -0.39 is 29.5 Å². The van der Waals surface area contributed by atoms with Gasteiger partial charge in [0.1, 0.15) is 11.6 Å². The monoisotopic (exact) mass is 287 g/mol. The number of alkyl carbamates (subject to hydrolysis) is 1. The molecule has 1 spiro atoms. The van der Waals surface area contributed by atoms with Crippen molar-refractivity contribution < 1.29 is 28.9 Å². The van der Waals surface area contributed by atoms with Crippen molar-refractivity contribution in [2.24, 2.45) is 5.92 Å². The zero-order chi connectivity index (χ0) is 15.0. The molecule has 0 radical (unpaired) electrons. The van der Waals surface area contributed by atoms with Crippen LogP contribution in [0.25, 0.3) is 0 Å². The number of hydrogen-bond acceptors (Lipinski definition) is 5. The third kappa shape index (κ3) is 3.40. The highest BCUT2D eigenvalue weighted by atomic mass is 16.7. The molecule has 1 saturated heterocycles. The van der Waals surface area contributed by atoms with Gasteiger partial charge in [-0.3, -0.25) is 0 Å². The van der Waals surface area contributed by atoms with Gasteiger partial charge in [-0.05, 0) is 20.8 Å². The van der Waals surface area contributed by atoms with E-state index in [0.717, 1.165) is 0 Å². The molecule has 20 heavy (non-hydrogen) atoms. The molecule has 0 aromatic rings. The number of carbonyl (C=O) groups excluding carboxylic acids is 1. The lowest BCUT2D eigenvalue weighted by atomic mass is 9.74. The van der Waals surface area contributed by atoms with Crippen molar-refractivity contribution in [2.45, 2.75) is 51.0 Å². The van der Waals surface area contributed by atoms with Gasteiger partial charge < -0.3 is 24.6 Å². The van der Waals surface area contributed by atoms with Crippen LogP contribution in [0.15, 0.2) is 0 Å². The number of carboxylic acid groups (broad SMARTS) is 1. The molecule has 2 fully saturated rings. The first-order valence-corrected chi connectivity index (χ1v) is 6.71. The van der Waals surface area contributed by atoms with Gasteiger partial charge in [-0.2, -0.15) is 0 Å². The molecule has 2 N–H and O–H groups in total. The van der Waals surface area contributed by atoms with E-state index in [-0.39, 0.29) is 5.92 Å². The molecule has 114 valence electrons. The van der Waals surface area contributed by atoms with E-state index in [4.69, 9.17) is 14.2 Å². The Labute approximate surface area is 117 Å². The van der Waals surface area contributed by atoms with Crippen molar-refractivity contribution in [3.63, 3.8) is 0 Å². The molecule has 1 saturated carbocycles. The van der Waals surface area contributed by atoms with Crippen LogP contribution < -0.4 is 5.32 Å². The van der Waals surface area contributed by atoms with E-state index in [0.29, 0.717) is 26.1 Å². The van der Waals surface area contributed by atoms with Crippen molar-refractivity contribution in [1.82, 2.24) is 5.32 Å². The topological polar surface area (TPSA) is 94.1 Å². The Kier molecular flexibility index (Phi) is 3.93. The molecule has 1 heterocycles. The molecule has 1 amide bonds. The highest BCUT2D eigenvalue weighted by molar-refractivity contribution is 5.80. The summed E-state index contributed by atoms with van der Waals surface area (Å²) in [6, 6.07) is -0.983. The van der Waals surface area contributed by atoms with E-state index >= 15 is 0 Å². The fraction of sp³-hybridized carbons (Fsp3) is 0.846. The molecule has 0 aromatic heterocycles. The first-order chi connectivity index (χ1) is 9.21. The van der Waals surface area contributed by atoms with Gasteiger partial charge in [0, 0.05) is 18.8 Å². The molecule has 0 unspecified atom stereocenters. The van der Waals surface area contributed by atoms with Crippen LogP contribution >= 0.6 is 0 Å². The molecule has 2 rings (SSSR count). The summed E-state index contributed by atoms with van der Waals surface area (Å²) in [6.07, 6.45) is 0.221. The Bertz CT molecular complexity index is 388. The second-order valence-electron chi connectivity index (χ2n) is 6.24. The van der Waals surface area contributed by atoms with Crippen LogP contribution in [-0.4, -0.2) is 47.8 Å². The zero-order valence-corrected chi connectivity index (χ0v) is 12.0. The molecule has 0 bridgehead atoms. The minimum absolute atomic E-state index is 0.210. The first-order valence-electron chi connectivity index (χ1n) is 6.71. The Morgan fingerprint density at radius 2 is 1.85 bits per heavy atom. The van der Waals surface area contributed by atoms with Crippen LogP contribution in [0.5, 0.6) is 0 Å². The fourth-order valence-corrected chi connectivity index (χ4v) is 2.52. The number of rotatable bonds is 3. The Hall–Kier alpha value is -1.34. The van der Waals surface area contributed by atoms with Gasteiger partial charge in [0.15, 0.2) is 5.79 Å². The number of nitrogens with one attached hydrogen (secondary N) is 1. The second kappa shape index (κ2) is 5.21. The lowest BCUT2D eigenvalue weighted by molar-refractivity contribution is -0.235. The number of carboxylic acids is 1. The number of carbonyl (C=O) groups is 2. The van der Waals surface area contributed by atoms with Gasteiger partial charge >= 0.3 is 12.1 Å². The quantitative estimate of drug-likeness (QED) is 0.807. The summed E-state index contributed by atoms with van der Waals surface area (Å²) in [7, 11) is 0. The van der Waals surface area contributed by atoms with Gasteiger partial charge in [-0.15, -0.1) is 0 Å². The minimum atomic E-state index is -1.08. The average Bonchev–Trinajstić information content (AvgIpc) is 2.70.